The van der Waals surface area contributed by atoms with Crippen LogP contribution in [0.1, 0.15) is 0 Å². The lowest BCUT2D eigenvalue weighted by Crippen LogP contribution is -2.16. The third-order valence-electron chi connectivity index (χ3n) is 2.65. The molecule has 4 heteroatoms. The largest absolute Gasteiger partial charge is 0.329 e. The Morgan fingerprint density at radius 3 is 1.12 bits per heavy atom. The normalized spacial score (nSPS) is 18.8. The molecule has 0 saturated carbocycles. The van der Waals surface area contributed by atoms with Gasteiger partial charge in [0.2, 0.25) is 0 Å². The summed E-state index contributed by atoms with van der Waals surface area (Å²) < 4.78 is 0. The summed E-state index contributed by atoms with van der Waals surface area (Å²) in [6.07, 6.45) is 7.98. The van der Waals surface area contributed by atoms with Gasteiger partial charge < -0.3 is 19.6 Å². The number of hydrogen-bond acceptors (Lipinski definition) is 4. The lowest BCUT2D eigenvalue weighted by molar-refractivity contribution is 0.443. The summed E-state index contributed by atoms with van der Waals surface area (Å²) in [5.41, 5.74) is 6.36. The van der Waals surface area contributed by atoms with E-state index in [1.165, 1.54) is 0 Å². The summed E-state index contributed by atoms with van der Waals surface area (Å²) >= 11 is 0. The molecule has 2 aliphatic rings. The van der Waals surface area contributed by atoms with E-state index < -0.39 is 0 Å². The van der Waals surface area contributed by atoms with Crippen molar-refractivity contribution in [3.05, 3.63) is 47.9 Å². The van der Waals surface area contributed by atoms with Gasteiger partial charge in [-0.3, -0.25) is 0 Å². The van der Waals surface area contributed by atoms with Gasteiger partial charge in [0.1, 0.15) is 0 Å². The second kappa shape index (κ2) is 3.86. The lowest BCUT2D eigenvalue weighted by atomic mass is 10.5. The topological polar surface area (TPSA) is 13.0 Å². The van der Waals surface area contributed by atoms with E-state index >= 15 is 0 Å². The van der Waals surface area contributed by atoms with Gasteiger partial charge in [0.15, 0.2) is 11.6 Å². The molecule has 2 aliphatic heterocycles. The van der Waals surface area contributed by atoms with Crippen LogP contribution in [0.3, 0.4) is 0 Å². The summed E-state index contributed by atoms with van der Waals surface area (Å²) in [5, 5.41) is 0. The number of rotatable bonds is 0. The summed E-state index contributed by atoms with van der Waals surface area (Å²) in [5.74, 6) is 1.97. The minimum Gasteiger partial charge on any atom is -0.329 e. The predicted molar refractivity (Wildman–Crippen MR) is 63.4 cm³/mol. The zero-order valence-corrected chi connectivity index (χ0v) is 10.1. The minimum absolute atomic E-state index is 0.987. The molecule has 0 fully saturated rings. The highest BCUT2D eigenvalue weighted by Crippen LogP contribution is 2.15. The second-order valence-corrected chi connectivity index (χ2v) is 3.94. The van der Waals surface area contributed by atoms with Crippen molar-refractivity contribution in [3.63, 3.8) is 0 Å². The first-order valence-electron chi connectivity index (χ1n) is 5.13. The van der Waals surface area contributed by atoms with Crippen LogP contribution in [0.2, 0.25) is 0 Å². The van der Waals surface area contributed by atoms with Gasteiger partial charge in [0, 0.05) is 53.0 Å². The lowest BCUT2D eigenvalue weighted by Gasteiger charge is -2.15. The van der Waals surface area contributed by atoms with E-state index in [-0.39, 0.29) is 0 Å². The Bertz CT molecular complexity index is 378. The minimum atomic E-state index is 0.987. The average molecular weight is 216 g/mol. The third-order valence-corrected chi connectivity index (χ3v) is 2.65. The van der Waals surface area contributed by atoms with Gasteiger partial charge >= 0.3 is 0 Å². The fraction of sp³-hybridized carbons (Fsp3) is 0.333. The molecule has 0 spiro atoms. The van der Waals surface area contributed by atoms with Gasteiger partial charge in [-0.1, -0.05) is 0 Å². The van der Waals surface area contributed by atoms with E-state index in [1.54, 1.807) is 0 Å². The van der Waals surface area contributed by atoms with Gasteiger partial charge in [0.25, 0.3) is 0 Å². The van der Waals surface area contributed by atoms with Gasteiger partial charge in [-0.2, -0.15) is 0 Å². The Balaban J connectivity index is 2.39. The maximum absolute atomic E-state index is 3.18. The molecule has 0 aliphatic carbocycles. The first kappa shape index (κ1) is 10.5. The highest BCUT2D eigenvalue weighted by molar-refractivity contribution is 5.16. The fourth-order valence-electron chi connectivity index (χ4n) is 1.64. The molecule has 4 nitrogen and oxygen atoms in total. The van der Waals surface area contributed by atoms with Crippen LogP contribution >= 0.6 is 0 Å². The molecule has 0 aromatic rings. The second-order valence-electron chi connectivity index (χ2n) is 3.94. The van der Waals surface area contributed by atoms with Crippen molar-refractivity contribution in [2.24, 2.45) is 0 Å². The van der Waals surface area contributed by atoms with Crippen molar-refractivity contribution in [3.8, 4) is 0 Å². The van der Waals surface area contributed by atoms with Crippen molar-refractivity contribution >= 4 is 0 Å². The van der Waals surface area contributed by atoms with E-state index in [0.717, 1.165) is 11.6 Å². The summed E-state index contributed by atoms with van der Waals surface area (Å²) in [7, 11) is 7.98. The molecule has 84 valence electrons. The predicted octanol–water partition coefficient (Wildman–Crippen LogP) is 1.12. The quantitative estimate of drug-likeness (QED) is 0.562. The zero-order valence-electron chi connectivity index (χ0n) is 10.1. The molecular weight excluding hydrogens is 200 g/mol. The summed E-state index contributed by atoms with van der Waals surface area (Å²) in [4.78, 5) is 8.04. The average Bonchev–Trinajstić information content (AvgIpc) is 2.72. The molecule has 0 N–H and O–H groups in total. The maximum Gasteiger partial charge on any atom is 0.165 e. The molecule has 0 aromatic heterocycles. The van der Waals surface area contributed by atoms with E-state index in [1.807, 2.05) is 72.6 Å². The Labute approximate surface area is 96.3 Å². The monoisotopic (exact) mass is 216 g/mol. The molecule has 0 amide bonds. The molecule has 0 radical (unpaired) electrons. The molecule has 0 saturated heterocycles. The van der Waals surface area contributed by atoms with Gasteiger partial charge in [-0.15, -0.1) is 0 Å². The van der Waals surface area contributed by atoms with Gasteiger partial charge in [0.05, 0.1) is 0 Å². The molecule has 2 heterocycles. The molecule has 2 rings (SSSR count). The van der Waals surface area contributed by atoms with Gasteiger partial charge in [-0.25, -0.2) is 0 Å². The van der Waals surface area contributed by atoms with Crippen molar-refractivity contribution in [1.29, 1.82) is 0 Å². The molecule has 0 bridgehead atoms. The fourth-order valence-corrected chi connectivity index (χ4v) is 1.64. The smallest absolute Gasteiger partial charge is 0.165 e. The maximum atomic E-state index is 3.18. The van der Waals surface area contributed by atoms with E-state index in [4.69, 9.17) is 0 Å². The zero-order chi connectivity index (χ0) is 11.7. The Morgan fingerprint density at radius 1 is 0.625 bits per heavy atom. The van der Waals surface area contributed by atoms with Crippen molar-refractivity contribution in [2.75, 3.05) is 28.2 Å². The van der Waals surface area contributed by atoms with Crippen LogP contribution in [0.15, 0.2) is 47.9 Å². The third kappa shape index (κ3) is 1.72. The standard InChI is InChI=1S/C12H16N4/c1-13-7-8-14(2)11(13)5-6-12-15(3)9-10-16(12)4/h7-10H,1-4H3. The van der Waals surface area contributed by atoms with Crippen LogP contribution in [0.5, 0.6) is 0 Å². The molecule has 0 atom stereocenters. The Morgan fingerprint density at radius 2 is 0.875 bits per heavy atom. The van der Waals surface area contributed by atoms with E-state index in [0.29, 0.717) is 0 Å². The highest BCUT2D eigenvalue weighted by Gasteiger charge is 2.13. The Kier molecular flexibility index (Phi) is 2.53. The summed E-state index contributed by atoms with van der Waals surface area (Å²) in [6, 6.07) is 0. The molecule has 16 heavy (non-hydrogen) atoms. The van der Waals surface area contributed by atoms with E-state index in [9.17, 15) is 0 Å². The number of hydrogen-bond donors (Lipinski definition) is 0. The molecule has 0 unspecified atom stereocenters. The highest BCUT2D eigenvalue weighted by atomic mass is 15.3. The first-order chi connectivity index (χ1) is 7.59. The molecular formula is C12H16N4. The van der Waals surface area contributed by atoms with Crippen LogP contribution < -0.4 is 0 Å². The first-order valence-corrected chi connectivity index (χ1v) is 5.13. The number of nitrogens with zero attached hydrogens (tertiary/aromatic N) is 4. The van der Waals surface area contributed by atoms with Crippen molar-refractivity contribution in [1.82, 2.24) is 19.6 Å². The van der Waals surface area contributed by atoms with Crippen LogP contribution in [0.25, 0.3) is 0 Å². The van der Waals surface area contributed by atoms with E-state index in [2.05, 4.69) is 11.5 Å². The summed E-state index contributed by atoms with van der Waals surface area (Å²) in [6.45, 7) is 0. The SMILES string of the molecule is CN1C=CN(C)C1=C=C=C1N(C)C=CN1C. The molecule has 0 aromatic carbocycles. The van der Waals surface area contributed by atoms with Crippen molar-refractivity contribution < 1.29 is 0 Å². The Hall–Kier alpha value is -2.02. The van der Waals surface area contributed by atoms with Crippen LogP contribution in [0.4, 0.5) is 0 Å². The van der Waals surface area contributed by atoms with Gasteiger partial charge in [-0.05, 0) is 11.5 Å². The van der Waals surface area contributed by atoms with Crippen LogP contribution in [0, 0.1) is 0 Å². The van der Waals surface area contributed by atoms with Crippen molar-refractivity contribution in [2.45, 2.75) is 0 Å². The van der Waals surface area contributed by atoms with Crippen LogP contribution in [-0.2, 0) is 0 Å². The van der Waals surface area contributed by atoms with Crippen LogP contribution in [-0.4, -0.2) is 47.8 Å².